The van der Waals surface area contributed by atoms with Crippen LogP contribution in [0.4, 0.5) is 0 Å². The Morgan fingerprint density at radius 2 is 2.12 bits per heavy atom. The van der Waals surface area contributed by atoms with Gasteiger partial charge < -0.3 is 10.1 Å². The minimum atomic E-state index is -0.843. The summed E-state index contributed by atoms with van der Waals surface area (Å²) in [6, 6.07) is 1.48. The highest BCUT2D eigenvalue weighted by atomic mass is 16.5. The van der Waals surface area contributed by atoms with Crippen molar-refractivity contribution in [3.8, 4) is 0 Å². The molecular formula is C11H17N3O3. The summed E-state index contributed by atoms with van der Waals surface area (Å²) in [6.07, 6.45) is 0.598. The van der Waals surface area contributed by atoms with E-state index in [0.717, 1.165) is 0 Å². The van der Waals surface area contributed by atoms with Crippen molar-refractivity contribution in [2.75, 3.05) is 0 Å². The van der Waals surface area contributed by atoms with E-state index in [0.29, 0.717) is 0 Å². The van der Waals surface area contributed by atoms with Crippen molar-refractivity contribution < 1.29 is 14.3 Å². The van der Waals surface area contributed by atoms with Crippen LogP contribution in [0.3, 0.4) is 0 Å². The van der Waals surface area contributed by atoms with Crippen LogP contribution in [-0.2, 0) is 9.53 Å². The number of aromatic amines is 1. The molecule has 2 N–H and O–H groups in total. The second-order valence-corrected chi connectivity index (χ2v) is 4.76. The first-order chi connectivity index (χ1) is 7.79. The molecule has 0 saturated carbocycles. The molecule has 0 aromatic carbocycles. The summed E-state index contributed by atoms with van der Waals surface area (Å²) in [5, 5.41) is 8.83. The molecular weight excluding hydrogens is 222 g/mol. The summed E-state index contributed by atoms with van der Waals surface area (Å²) < 4.78 is 4.98. The fourth-order valence-electron chi connectivity index (χ4n) is 1.12. The van der Waals surface area contributed by atoms with E-state index in [9.17, 15) is 9.59 Å². The summed E-state index contributed by atoms with van der Waals surface area (Å²) in [5.41, 5.74) is -0.133. The Morgan fingerprint density at radius 1 is 1.47 bits per heavy atom. The van der Waals surface area contributed by atoms with E-state index in [1.807, 2.05) is 20.8 Å². The molecule has 1 unspecified atom stereocenters. The van der Waals surface area contributed by atoms with Gasteiger partial charge in [-0.3, -0.25) is 9.89 Å². The number of carbonyl (C=O) groups is 2. The number of hydrogen-bond donors (Lipinski definition) is 2. The van der Waals surface area contributed by atoms with Gasteiger partial charge in [0.05, 0.1) is 0 Å². The van der Waals surface area contributed by atoms with Crippen LogP contribution >= 0.6 is 0 Å². The van der Waals surface area contributed by atoms with E-state index >= 15 is 0 Å². The molecule has 1 rings (SSSR count). The van der Waals surface area contributed by atoms with E-state index in [1.165, 1.54) is 19.2 Å². The van der Waals surface area contributed by atoms with Gasteiger partial charge in [-0.25, -0.2) is 4.79 Å². The van der Waals surface area contributed by atoms with Gasteiger partial charge in [0, 0.05) is 11.7 Å². The van der Waals surface area contributed by atoms with E-state index < -0.39 is 12.1 Å². The quantitative estimate of drug-likeness (QED) is 0.766. The number of ether oxygens (including phenoxy) is 1. The maximum absolute atomic E-state index is 11.6. The highest BCUT2D eigenvalue weighted by molar-refractivity contribution is 5.90. The average molecular weight is 239 g/mol. The lowest BCUT2D eigenvalue weighted by Gasteiger charge is -2.23. The van der Waals surface area contributed by atoms with Gasteiger partial charge in [-0.15, -0.1) is 0 Å². The molecule has 0 fully saturated rings. The summed E-state index contributed by atoms with van der Waals surface area (Å²) in [6.45, 7) is 7.09. The SMILES string of the molecule is CC(OC(=O)c1ccn[nH]1)C(=O)NC(C)(C)C. The Balaban J connectivity index is 2.52. The minimum absolute atomic E-state index is 0.223. The van der Waals surface area contributed by atoms with E-state index in [1.54, 1.807) is 0 Å². The second kappa shape index (κ2) is 4.99. The smallest absolute Gasteiger partial charge is 0.357 e. The molecule has 0 aliphatic rings. The molecule has 6 nitrogen and oxygen atoms in total. The summed E-state index contributed by atoms with van der Waals surface area (Å²) in [4.78, 5) is 23.2. The normalized spacial score (nSPS) is 12.9. The molecule has 1 heterocycles. The van der Waals surface area contributed by atoms with Crippen molar-refractivity contribution in [2.45, 2.75) is 39.3 Å². The summed E-state index contributed by atoms with van der Waals surface area (Å²) in [7, 11) is 0. The maximum Gasteiger partial charge on any atom is 0.357 e. The van der Waals surface area contributed by atoms with Crippen LogP contribution in [0.25, 0.3) is 0 Å². The predicted molar refractivity (Wildman–Crippen MR) is 61.4 cm³/mol. The van der Waals surface area contributed by atoms with Crippen LogP contribution < -0.4 is 5.32 Å². The molecule has 1 atom stereocenters. The monoisotopic (exact) mass is 239 g/mol. The zero-order valence-electron chi connectivity index (χ0n) is 10.4. The Hall–Kier alpha value is -1.85. The Bertz CT molecular complexity index is 393. The van der Waals surface area contributed by atoms with Gasteiger partial charge in [-0.1, -0.05) is 0 Å². The summed E-state index contributed by atoms with van der Waals surface area (Å²) >= 11 is 0. The number of hydrogen-bond acceptors (Lipinski definition) is 4. The van der Waals surface area contributed by atoms with Crippen LogP contribution in [0, 0.1) is 0 Å². The fraction of sp³-hybridized carbons (Fsp3) is 0.545. The van der Waals surface area contributed by atoms with Crippen molar-refractivity contribution >= 4 is 11.9 Å². The first kappa shape index (κ1) is 13.2. The molecule has 0 spiro atoms. The first-order valence-corrected chi connectivity index (χ1v) is 5.32. The van der Waals surface area contributed by atoms with Crippen LogP contribution in [0.2, 0.25) is 0 Å². The Kier molecular flexibility index (Phi) is 3.88. The molecule has 0 bridgehead atoms. The van der Waals surface area contributed by atoms with Crippen molar-refractivity contribution in [1.29, 1.82) is 0 Å². The standard InChI is InChI=1S/C11H17N3O3/c1-7(9(15)13-11(2,3)4)17-10(16)8-5-6-12-14-8/h5-7H,1-4H3,(H,12,14)(H,13,15). The van der Waals surface area contributed by atoms with Crippen LogP contribution in [0.15, 0.2) is 12.3 Å². The molecule has 0 aliphatic heterocycles. The largest absolute Gasteiger partial charge is 0.448 e. The fourth-order valence-corrected chi connectivity index (χ4v) is 1.12. The first-order valence-electron chi connectivity index (χ1n) is 5.32. The molecule has 17 heavy (non-hydrogen) atoms. The number of amides is 1. The van der Waals surface area contributed by atoms with Gasteiger partial charge in [-0.2, -0.15) is 5.10 Å². The molecule has 1 aromatic heterocycles. The van der Waals surface area contributed by atoms with Crippen molar-refractivity contribution in [3.05, 3.63) is 18.0 Å². The van der Waals surface area contributed by atoms with Crippen LogP contribution in [0.1, 0.15) is 38.2 Å². The lowest BCUT2D eigenvalue weighted by Crippen LogP contribution is -2.46. The van der Waals surface area contributed by atoms with E-state index in [4.69, 9.17) is 4.74 Å². The Morgan fingerprint density at radius 3 is 2.59 bits per heavy atom. The number of H-pyrrole nitrogens is 1. The number of aromatic nitrogens is 2. The molecule has 0 saturated heterocycles. The topological polar surface area (TPSA) is 84.1 Å². The van der Waals surface area contributed by atoms with Gasteiger partial charge >= 0.3 is 5.97 Å². The van der Waals surface area contributed by atoms with Crippen molar-refractivity contribution in [3.63, 3.8) is 0 Å². The molecule has 1 amide bonds. The lowest BCUT2D eigenvalue weighted by molar-refractivity contribution is -0.130. The summed E-state index contributed by atoms with van der Waals surface area (Å²) in [5.74, 6) is -0.926. The molecule has 94 valence electrons. The second-order valence-electron chi connectivity index (χ2n) is 4.76. The molecule has 1 aromatic rings. The molecule has 0 radical (unpaired) electrons. The number of nitrogens with one attached hydrogen (secondary N) is 2. The highest BCUT2D eigenvalue weighted by Gasteiger charge is 2.23. The predicted octanol–water partition coefficient (Wildman–Crippen LogP) is 0.870. The van der Waals surface area contributed by atoms with Gasteiger partial charge in [0.15, 0.2) is 6.10 Å². The van der Waals surface area contributed by atoms with Gasteiger partial charge in [0.1, 0.15) is 5.69 Å². The van der Waals surface area contributed by atoms with Crippen molar-refractivity contribution in [1.82, 2.24) is 15.5 Å². The Labute approximate surface area is 99.7 Å². The van der Waals surface area contributed by atoms with Gasteiger partial charge in [0.25, 0.3) is 5.91 Å². The molecule has 0 aliphatic carbocycles. The minimum Gasteiger partial charge on any atom is -0.448 e. The van der Waals surface area contributed by atoms with Crippen LogP contribution in [0.5, 0.6) is 0 Å². The average Bonchev–Trinajstić information content (AvgIpc) is 2.67. The third-order valence-electron chi connectivity index (χ3n) is 1.87. The van der Waals surface area contributed by atoms with Gasteiger partial charge in [-0.05, 0) is 33.8 Å². The van der Waals surface area contributed by atoms with Gasteiger partial charge in [0.2, 0.25) is 0 Å². The third kappa shape index (κ3) is 4.26. The number of esters is 1. The van der Waals surface area contributed by atoms with E-state index in [2.05, 4.69) is 15.5 Å². The number of rotatable bonds is 3. The zero-order chi connectivity index (χ0) is 13.1. The zero-order valence-corrected chi connectivity index (χ0v) is 10.4. The van der Waals surface area contributed by atoms with Crippen molar-refractivity contribution in [2.24, 2.45) is 0 Å². The lowest BCUT2D eigenvalue weighted by atomic mass is 10.1. The van der Waals surface area contributed by atoms with Crippen LogP contribution in [-0.4, -0.2) is 33.7 Å². The highest BCUT2D eigenvalue weighted by Crippen LogP contribution is 2.04. The number of nitrogens with zero attached hydrogens (tertiary/aromatic N) is 1. The molecule has 6 heteroatoms. The maximum atomic E-state index is 11.6. The van der Waals surface area contributed by atoms with E-state index in [-0.39, 0.29) is 17.1 Å². The number of carbonyl (C=O) groups excluding carboxylic acids is 2. The third-order valence-corrected chi connectivity index (χ3v) is 1.87.